The van der Waals surface area contributed by atoms with E-state index in [4.69, 9.17) is 9.47 Å². The zero-order valence-corrected chi connectivity index (χ0v) is 35.6. The summed E-state index contributed by atoms with van der Waals surface area (Å²) in [6, 6.07) is 45.4. The Hall–Kier alpha value is -4.42. The predicted molar refractivity (Wildman–Crippen MR) is 244 cm³/mol. The predicted octanol–water partition coefficient (Wildman–Crippen LogP) is 16.4. The number of rotatable bonds is 17. The summed E-state index contributed by atoms with van der Waals surface area (Å²) in [5.41, 5.74) is 11.1. The molecule has 0 spiro atoms. The largest absolute Gasteiger partial charge is 0.497 e. The van der Waals surface area contributed by atoms with Crippen LogP contribution in [0.15, 0.2) is 121 Å². The fourth-order valence-electron chi connectivity index (χ4n) is 8.58. The SMILES string of the molecule is CCCCCCC1(CCCCCC)c2cc(-c3ccc(-c4ccc(OC)cc4)s3)ccc2-c2ccc(-c3ccc(-c4ccc(-c5ccc(OC)cc5)s4)s3)cc21. The van der Waals surface area contributed by atoms with Gasteiger partial charge in [-0.05, 0) is 154 Å². The molecule has 0 amide bonds. The molecule has 4 aromatic carbocycles. The summed E-state index contributed by atoms with van der Waals surface area (Å²) in [5.74, 6) is 1.78. The Morgan fingerprint density at radius 3 is 1.14 bits per heavy atom. The third-order valence-corrected chi connectivity index (χ3v) is 15.3. The highest BCUT2D eigenvalue weighted by Gasteiger charge is 2.42. The highest BCUT2D eigenvalue weighted by Crippen LogP contribution is 2.56. The molecular formula is C51H52O2S3. The summed E-state index contributed by atoms with van der Waals surface area (Å²) in [4.78, 5) is 7.89. The van der Waals surface area contributed by atoms with Crippen molar-refractivity contribution in [2.45, 2.75) is 83.5 Å². The van der Waals surface area contributed by atoms with Crippen LogP contribution in [-0.2, 0) is 5.41 Å². The second-order valence-electron chi connectivity index (χ2n) is 15.2. The Kier molecular flexibility index (Phi) is 11.9. The monoisotopic (exact) mass is 792 g/mol. The molecule has 0 radical (unpaired) electrons. The van der Waals surface area contributed by atoms with Crippen molar-refractivity contribution in [2.24, 2.45) is 0 Å². The van der Waals surface area contributed by atoms with Gasteiger partial charge in [0.2, 0.25) is 0 Å². The maximum absolute atomic E-state index is 5.42. The molecule has 286 valence electrons. The molecule has 0 fully saturated rings. The number of ether oxygens (including phenoxy) is 2. The smallest absolute Gasteiger partial charge is 0.118 e. The Morgan fingerprint density at radius 1 is 0.393 bits per heavy atom. The fourth-order valence-corrected chi connectivity index (χ4v) is 11.7. The van der Waals surface area contributed by atoms with Gasteiger partial charge in [0.05, 0.1) is 14.2 Å². The second-order valence-corrected chi connectivity index (χ2v) is 18.4. The van der Waals surface area contributed by atoms with Crippen LogP contribution >= 0.6 is 34.0 Å². The van der Waals surface area contributed by atoms with Gasteiger partial charge in [-0.1, -0.05) is 89.5 Å². The van der Waals surface area contributed by atoms with E-state index in [9.17, 15) is 0 Å². The second kappa shape index (κ2) is 17.4. The number of benzene rings is 4. The van der Waals surface area contributed by atoms with E-state index in [1.165, 1.54) is 127 Å². The van der Waals surface area contributed by atoms with Crippen LogP contribution < -0.4 is 9.47 Å². The number of hydrogen-bond acceptors (Lipinski definition) is 5. The first-order chi connectivity index (χ1) is 27.5. The van der Waals surface area contributed by atoms with Crippen LogP contribution in [0.25, 0.3) is 62.6 Å². The normalized spacial score (nSPS) is 12.8. The summed E-state index contributed by atoms with van der Waals surface area (Å²) < 4.78 is 10.8. The summed E-state index contributed by atoms with van der Waals surface area (Å²) >= 11 is 5.67. The molecule has 0 saturated carbocycles. The Labute approximate surface area is 345 Å². The first kappa shape index (κ1) is 38.5. The van der Waals surface area contributed by atoms with Crippen LogP contribution in [0.3, 0.4) is 0 Å². The Bertz CT molecular complexity index is 2360. The molecule has 5 heteroatoms. The minimum atomic E-state index is 0.00928. The zero-order valence-electron chi connectivity index (χ0n) is 33.2. The number of fused-ring (bicyclic) bond motifs is 3. The van der Waals surface area contributed by atoms with Crippen molar-refractivity contribution in [3.8, 4) is 74.1 Å². The molecule has 2 nitrogen and oxygen atoms in total. The molecule has 0 unspecified atom stereocenters. The van der Waals surface area contributed by atoms with Crippen LogP contribution in [0, 0.1) is 0 Å². The van der Waals surface area contributed by atoms with E-state index in [0.29, 0.717) is 0 Å². The Morgan fingerprint density at radius 2 is 0.750 bits per heavy atom. The molecule has 0 aliphatic heterocycles. The minimum absolute atomic E-state index is 0.00928. The third kappa shape index (κ3) is 7.79. The van der Waals surface area contributed by atoms with E-state index in [2.05, 4.69) is 123 Å². The van der Waals surface area contributed by atoms with Gasteiger partial charge in [0.1, 0.15) is 11.5 Å². The van der Waals surface area contributed by atoms with Gasteiger partial charge in [0, 0.05) is 34.7 Å². The summed E-state index contributed by atoms with van der Waals surface area (Å²) in [6.07, 6.45) is 12.6. The van der Waals surface area contributed by atoms with Crippen molar-refractivity contribution in [1.82, 2.24) is 0 Å². The highest BCUT2D eigenvalue weighted by atomic mass is 32.1. The molecule has 0 N–H and O–H groups in total. The van der Waals surface area contributed by atoms with Gasteiger partial charge in [0.25, 0.3) is 0 Å². The van der Waals surface area contributed by atoms with E-state index < -0.39 is 0 Å². The van der Waals surface area contributed by atoms with Crippen LogP contribution in [0.1, 0.15) is 89.2 Å². The summed E-state index contributed by atoms with van der Waals surface area (Å²) in [5, 5.41) is 0. The van der Waals surface area contributed by atoms with E-state index in [-0.39, 0.29) is 5.41 Å². The molecule has 0 bridgehead atoms. The summed E-state index contributed by atoms with van der Waals surface area (Å²) in [6.45, 7) is 4.65. The van der Waals surface area contributed by atoms with Crippen molar-refractivity contribution in [3.63, 3.8) is 0 Å². The first-order valence-electron chi connectivity index (χ1n) is 20.4. The standard InChI is InChI=1S/C51H52O2S3/c1-5-7-9-11-31-51(32-12-10-8-6-2)43-33-37(47-26-25-45(54-47)35-13-19-39(52-3)20-14-35)17-23-41(43)42-24-18-38(34-44(42)51)48-28-30-50(56-48)49-29-27-46(55-49)36-15-21-40(53-4)22-16-36/h13-30,33-34H,5-12,31-32H2,1-4H3. The average molecular weight is 793 g/mol. The third-order valence-electron chi connectivity index (χ3n) is 11.7. The fraction of sp³-hybridized carbons (Fsp3) is 0.294. The molecule has 0 saturated heterocycles. The van der Waals surface area contributed by atoms with Gasteiger partial charge < -0.3 is 9.47 Å². The number of thiophene rings is 3. The zero-order chi connectivity index (χ0) is 38.5. The molecule has 3 aromatic heterocycles. The van der Waals surface area contributed by atoms with Crippen molar-refractivity contribution in [3.05, 3.63) is 132 Å². The van der Waals surface area contributed by atoms with Gasteiger partial charge >= 0.3 is 0 Å². The number of hydrogen-bond donors (Lipinski definition) is 0. The minimum Gasteiger partial charge on any atom is -0.497 e. The van der Waals surface area contributed by atoms with Crippen LogP contribution in [0.2, 0.25) is 0 Å². The van der Waals surface area contributed by atoms with Gasteiger partial charge in [0.15, 0.2) is 0 Å². The maximum Gasteiger partial charge on any atom is 0.118 e. The van der Waals surface area contributed by atoms with Crippen molar-refractivity contribution in [2.75, 3.05) is 14.2 Å². The Balaban J connectivity index is 1.15. The first-order valence-corrected chi connectivity index (χ1v) is 22.9. The van der Waals surface area contributed by atoms with Crippen molar-refractivity contribution in [1.29, 1.82) is 0 Å². The lowest BCUT2D eigenvalue weighted by atomic mass is 9.70. The number of unbranched alkanes of at least 4 members (excludes halogenated alkanes) is 6. The highest BCUT2D eigenvalue weighted by molar-refractivity contribution is 7.25. The van der Waals surface area contributed by atoms with Gasteiger partial charge in [-0.15, -0.1) is 34.0 Å². The maximum atomic E-state index is 5.42. The van der Waals surface area contributed by atoms with E-state index >= 15 is 0 Å². The van der Waals surface area contributed by atoms with E-state index in [0.717, 1.165) is 11.5 Å². The molecule has 1 aliphatic rings. The lowest BCUT2D eigenvalue weighted by Gasteiger charge is -2.33. The van der Waals surface area contributed by atoms with Crippen molar-refractivity contribution < 1.29 is 9.47 Å². The molecule has 1 aliphatic carbocycles. The molecule has 0 atom stereocenters. The lowest BCUT2D eigenvalue weighted by Crippen LogP contribution is -2.25. The quantitative estimate of drug-likeness (QED) is 0.0855. The molecule has 56 heavy (non-hydrogen) atoms. The van der Waals surface area contributed by atoms with Crippen LogP contribution in [0.5, 0.6) is 11.5 Å². The van der Waals surface area contributed by atoms with E-state index in [1.54, 1.807) is 25.3 Å². The van der Waals surface area contributed by atoms with Crippen LogP contribution in [0.4, 0.5) is 0 Å². The molecule has 3 heterocycles. The van der Waals surface area contributed by atoms with Crippen LogP contribution in [-0.4, -0.2) is 14.2 Å². The molecule has 7 aromatic rings. The van der Waals surface area contributed by atoms with Gasteiger partial charge in [-0.3, -0.25) is 0 Å². The molecular weight excluding hydrogens is 741 g/mol. The average Bonchev–Trinajstić information content (AvgIpc) is 4.08. The van der Waals surface area contributed by atoms with E-state index in [1.807, 2.05) is 46.1 Å². The number of methoxy groups -OCH3 is 2. The van der Waals surface area contributed by atoms with Gasteiger partial charge in [-0.25, -0.2) is 0 Å². The topological polar surface area (TPSA) is 18.5 Å². The molecule has 8 rings (SSSR count). The van der Waals surface area contributed by atoms with Crippen molar-refractivity contribution >= 4 is 34.0 Å². The summed E-state index contributed by atoms with van der Waals surface area (Å²) in [7, 11) is 3.44. The lowest BCUT2D eigenvalue weighted by molar-refractivity contribution is 0.401. The van der Waals surface area contributed by atoms with Gasteiger partial charge in [-0.2, -0.15) is 0 Å².